The van der Waals surface area contributed by atoms with Crippen molar-refractivity contribution in [3.05, 3.63) is 75.7 Å². The average Bonchev–Trinajstić information content (AvgIpc) is 2.70. The summed E-state index contributed by atoms with van der Waals surface area (Å²) in [6, 6.07) is 6.88. The molecule has 0 bridgehead atoms. The van der Waals surface area contributed by atoms with E-state index in [4.69, 9.17) is 16.9 Å². The smallest absolute Gasteiger partial charge is 0.398 e. The number of hydrogen-bond acceptors (Lipinski definition) is 9. The van der Waals surface area contributed by atoms with E-state index >= 15 is 0 Å². The summed E-state index contributed by atoms with van der Waals surface area (Å²) in [5.41, 5.74) is 10.4. The molecule has 2 aromatic carbocycles. The van der Waals surface area contributed by atoms with Gasteiger partial charge in [-0.05, 0) is 71.2 Å². The zero-order valence-electron chi connectivity index (χ0n) is 18.8. The fourth-order valence-corrected chi connectivity index (χ4v) is 5.41. The van der Waals surface area contributed by atoms with Crippen molar-refractivity contribution in [3.63, 3.8) is 0 Å². The van der Waals surface area contributed by atoms with Gasteiger partial charge >= 0.3 is 29.6 Å². The van der Waals surface area contributed by atoms with Crippen molar-refractivity contribution >= 4 is 53.0 Å². The molecule has 0 spiro atoms. The molecule has 0 heterocycles. The van der Waals surface area contributed by atoms with Crippen molar-refractivity contribution in [1.29, 1.82) is 5.41 Å². The molecule has 3 rings (SSSR count). The Morgan fingerprint density at radius 3 is 1.53 bits per heavy atom. The molecule has 1 aliphatic rings. The molecule has 0 radical (unpaired) electrons. The standard InChI is InChI=1S/C20H19N3O9S3.Na/c1-10-6-13(9-18(20(10)23)35(30,31)32)19(11-2-4-14(21)16(7-11)33(24,25)26)12-3-5-15(22)17(8-12)34(27,28)29;/h2-9,23H,21-22H2,1H3,(H,24,25,26)(H,27,28,29)(H,30,31,32);/q;+1. The molecule has 36 heavy (non-hydrogen) atoms. The van der Waals surface area contributed by atoms with E-state index in [0.717, 1.165) is 30.3 Å². The van der Waals surface area contributed by atoms with Crippen LogP contribution in [0.2, 0.25) is 0 Å². The van der Waals surface area contributed by atoms with Gasteiger partial charge in [-0.3, -0.25) is 19.1 Å². The zero-order chi connectivity index (χ0) is 26.5. The molecular weight excluding hydrogens is 545 g/mol. The van der Waals surface area contributed by atoms with Gasteiger partial charge in [0.05, 0.1) is 17.1 Å². The fourth-order valence-electron chi connectivity index (χ4n) is 3.43. The fraction of sp³-hybridized carbons (Fsp3) is 0.0500. The van der Waals surface area contributed by atoms with Gasteiger partial charge in [0.15, 0.2) is 0 Å². The molecule has 0 fully saturated rings. The van der Waals surface area contributed by atoms with Gasteiger partial charge in [0, 0.05) is 0 Å². The second-order valence-electron chi connectivity index (χ2n) is 7.47. The molecule has 0 saturated heterocycles. The first-order valence-corrected chi connectivity index (χ1v) is 13.7. The van der Waals surface area contributed by atoms with E-state index in [1.807, 2.05) is 0 Å². The Kier molecular flexibility index (Phi) is 8.47. The van der Waals surface area contributed by atoms with Gasteiger partial charge in [0.2, 0.25) is 0 Å². The Morgan fingerprint density at radius 1 is 0.750 bits per heavy atom. The van der Waals surface area contributed by atoms with Gasteiger partial charge in [0.1, 0.15) is 14.7 Å². The van der Waals surface area contributed by atoms with E-state index in [9.17, 15) is 38.9 Å². The zero-order valence-corrected chi connectivity index (χ0v) is 23.2. The Hall–Kier alpha value is -2.34. The van der Waals surface area contributed by atoms with Crippen molar-refractivity contribution in [1.82, 2.24) is 0 Å². The molecule has 8 N–H and O–H groups in total. The number of nitrogens with one attached hydrogen (secondary N) is 1. The molecule has 2 aromatic rings. The third-order valence-corrected chi connectivity index (χ3v) is 7.72. The summed E-state index contributed by atoms with van der Waals surface area (Å²) in [5, 5.41) is 7.98. The predicted octanol–water partition coefficient (Wildman–Crippen LogP) is -1.10. The second-order valence-corrected chi connectivity index (χ2v) is 11.6. The first-order valence-electron chi connectivity index (χ1n) is 9.37. The molecule has 0 unspecified atom stereocenters. The Morgan fingerprint density at radius 2 is 1.17 bits per heavy atom. The van der Waals surface area contributed by atoms with Gasteiger partial charge in [-0.15, -0.1) is 0 Å². The minimum Gasteiger partial charge on any atom is -0.398 e. The quantitative estimate of drug-likeness (QED) is 0.145. The van der Waals surface area contributed by atoms with E-state index in [0.29, 0.717) is 0 Å². The molecule has 16 heteroatoms. The van der Waals surface area contributed by atoms with Crippen LogP contribution in [0.4, 0.5) is 11.4 Å². The van der Waals surface area contributed by atoms with Gasteiger partial charge in [-0.25, -0.2) is 0 Å². The van der Waals surface area contributed by atoms with Crippen LogP contribution in [0.3, 0.4) is 0 Å². The van der Waals surface area contributed by atoms with Gasteiger partial charge in [-0.1, -0.05) is 12.1 Å². The van der Waals surface area contributed by atoms with Gasteiger partial charge in [0.25, 0.3) is 30.4 Å². The average molecular weight is 565 g/mol. The van der Waals surface area contributed by atoms with Crippen LogP contribution in [0, 0.1) is 5.41 Å². The Bertz CT molecular complexity index is 1620. The van der Waals surface area contributed by atoms with Crippen LogP contribution in [-0.4, -0.2) is 44.6 Å². The maximum absolute atomic E-state index is 11.9. The monoisotopic (exact) mass is 564 g/mol. The molecule has 186 valence electrons. The third kappa shape index (κ3) is 6.13. The number of benzene rings is 2. The van der Waals surface area contributed by atoms with E-state index < -0.39 is 50.8 Å². The summed E-state index contributed by atoms with van der Waals surface area (Å²) in [5.74, 6) is 0. The van der Waals surface area contributed by atoms with Crippen LogP contribution >= 0.6 is 0 Å². The summed E-state index contributed by atoms with van der Waals surface area (Å²) in [6.45, 7) is 1.39. The maximum Gasteiger partial charge on any atom is 1.00 e. The first kappa shape index (κ1) is 29.9. The second kappa shape index (κ2) is 10.2. The molecule has 0 aromatic heterocycles. The number of hydrogen-bond donors (Lipinski definition) is 6. The van der Waals surface area contributed by atoms with E-state index in [1.54, 1.807) is 0 Å². The molecule has 12 nitrogen and oxygen atoms in total. The van der Waals surface area contributed by atoms with E-state index in [2.05, 4.69) is 0 Å². The van der Waals surface area contributed by atoms with Crippen LogP contribution < -0.4 is 41.0 Å². The third-order valence-electron chi connectivity index (χ3n) is 5.03. The summed E-state index contributed by atoms with van der Waals surface area (Å²) in [6.07, 6.45) is 2.28. The van der Waals surface area contributed by atoms with E-state index in [-0.39, 0.29) is 68.8 Å². The minimum atomic E-state index is -4.87. The van der Waals surface area contributed by atoms with Gasteiger partial charge in [-0.2, -0.15) is 25.3 Å². The van der Waals surface area contributed by atoms with Crippen LogP contribution in [0.5, 0.6) is 0 Å². The predicted molar refractivity (Wildman–Crippen MR) is 128 cm³/mol. The number of nitrogens with two attached hydrogens (primary N) is 2. The van der Waals surface area contributed by atoms with Crippen LogP contribution in [0.25, 0.3) is 5.57 Å². The number of allylic oxidation sites excluding steroid dienone is 5. The van der Waals surface area contributed by atoms with Crippen LogP contribution in [0.15, 0.2) is 74.4 Å². The van der Waals surface area contributed by atoms with Crippen molar-refractivity contribution in [2.24, 2.45) is 0 Å². The largest absolute Gasteiger partial charge is 1.00 e. The van der Waals surface area contributed by atoms with Crippen LogP contribution in [-0.2, 0) is 30.4 Å². The SMILES string of the molecule is CC1=CC(=C(c2ccc(N)c(S(=O)(=O)O)c2)c2ccc(N)c(S(=O)(=O)O)c2)C=C(S(=O)(=O)O)C1=N.[Na+]. The van der Waals surface area contributed by atoms with E-state index in [1.165, 1.54) is 25.1 Å². The minimum absolute atomic E-state index is 0. The van der Waals surface area contributed by atoms with Crippen molar-refractivity contribution in [3.8, 4) is 0 Å². The molecule has 0 amide bonds. The summed E-state index contributed by atoms with van der Waals surface area (Å²) < 4.78 is 99.7. The normalized spacial score (nSPS) is 14.6. The summed E-state index contributed by atoms with van der Waals surface area (Å²) in [7, 11) is -14.5. The number of nitrogen functional groups attached to an aromatic ring is 2. The molecule has 0 aliphatic heterocycles. The topological polar surface area (TPSA) is 239 Å². The molecule has 0 saturated carbocycles. The Balaban J connectivity index is 0.00000456. The number of rotatable bonds is 5. The van der Waals surface area contributed by atoms with Gasteiger partial charge < -0.3 is 11.5 Å². The van der Waals surface area contributed by atoms with Crippen molar-refractivity contribution < 1.29 is 68.5 Å². The Labute approximate surface area is 229 Å². The van der Waals surface area contributed by atoms with Crippen molar-refractivity contribution in [2.75, 3.05) is 11.5 Å². The molecular formula is C20H19N3NaO9S3+. The number of anilines is 2. The summed E-state index contributed by atoms with van der Waals surface area (Å²) >= 11 is 0. The van der Waals surface area contributed by atoms with Crippen LogP contribution in [0.1, 0.15) is 18.1 Å². The molecule has 0 atom stereocenters. The maximum atomic E-state index is 11.9. The first-order chi connectivity index (χ1) is 15.9. The summed E-state index contributed by atoms with van der Waals surface area (Å²) in [4.78, 5) is -2.12. The molecule has 1 aliphatic carbocycles. The van der Waals surface area contributed by atoms with Crippen molar-refractivity contribution in [2.45, 2.75) is 16.7 Å².